The Balaban J connectivity index is 1.55. The Kier molecular flexibility index (Phi) is 5.77. The van der Waals surface area contributed by atoms with Gasteiger partial charge >= 0.3 is 0 Å². The van der Waals surface area contributed by atoms with E-state index in [0.717, 1.165) is 25.7 Å². The van der Waals surface area contributed by atoms with Gasteiger partial charge in [-0.25, -0.2) is 4.39 Å². The number of halogens is 1. The van der Waals surface area contributed by atoms with E-state index < -0.39 is 5.82 Å². The summed E-state index contributed by atoms with van der Waals surface area (Å²) in [6, 6.07) is 4.55. The number of hydrogen-bond acceptors (Lipinski definition) is 4. The lowest BCUT2D eigenvalue weighted by Gasteiger charge is -2.20. The van der Waals surface area contributed by atoms with Crippen molar-refractivity contribution in [3.05, 3.63) is 29.6 Å². The third-order valence-corrected chi connectivity index (χ3v) is 5.54. The molecule has 1 aromatic rings. The summed E-state index contributed by atoms with van der Waals surface area (Å²) in [6.07, 6.45) is 3.57. The zero-order chi connectivity index (χ0) is 19.6. The minimum atomic E-state index is -0.480. The van der Waals surface area contributed by atoms with Crippen molar-refractivity contribution in [1.29, 1.82) is 0 Å². The average molecular weight is 376 g/mol. The smallest absolute Gasteiger partial charge is 0.233 e. The van der Waals surface area contributed by atoms with Crippen LogP contribution in [0.4, 0.5) is 4.39 Å². The summed E-state index contributed by atoms with van der Waals surface area (Å²) in [4.78, 5) is 40.0. The highest BCUT2D eigenvalue weighted by Gasteiger charge is 2.47. The number of imide groups is 1. The number of nitrogens with zero attached hydrogens (tertiary/aromatic N) is 2. The molecule has 0 unspecified atom stereocenters. The van der Waals surface area contributed by atoms with Gasteiger partial charge in [0.15, 0.2) is 11.6 Å². The number of rotatable bonds is 6. The molecular formula is C20H25FN2O4. The molecule has 7 heteroatoms. The Morgan fingerprint density at radius 1 is 1.22 bits per heavy atom. The van der Waals surface area contributed by atoms with Gasteiger partial charge in [-0.15, -0.1) is 0 Å². The molecule has 1 aliphatic carbocycles. The van der Waals surface area contributed by atoms with Crippen LogP contribution in [-0.4, -0.2) is 48.2 Å². The Morgan fingerprint density at radius 2 is 1.85 bits per heavy atom. The molecule has 2 atom stereocenters. The van der Waals surface area contributed by atoms with Crippen molar-refractivity contribution in [3.63, 3.8) is 0 Å². The first-order valence-electron chi connectivity index (χ1n) is 9.34. The molecule has 27 heavy (non-hydrogen) atoms. The lowest BCUT2D eigenvalue weighted by atomic mass is 9.81. The van der Waals surface area contributed by atoms with Gasteiger partial charge in [0, 0.05) is 26.6 Å². The van der Waals surface area contributed by atoms with E-state index in [4.69, 9.17) is 4.74 Å². The maximum atomic E-state index is 13.8. The molecule has 1 aliphatic heterocycles. The Labute approximate surface area is 158 Å². The zero-order valence-corrected chi connectivity index (χ0v) is 15.7. The fourth-order valence-electron chi connectivity index (χ4n) is 4.02. The second-order valence-electron chi connectivity index (χ2n) is 7.29. The molecule has 1 aromatic carbocycles. The first kappa shape index (κ1) is 19.3. The minimum absolute atomic E-state index is 0.0755. The van der Waals surface area contributed by atoms with Crippen LogP contribution in [0.3, 0.4) is 0 Å². The predicted octanol–water partition coefficient (Wildman–Crippen LogP) is 2.36. The monoisotopic (exact) mass is 376 g/mol. The number of benzene rings is 1. The molecule has 3 amide bonds. The van der Waals surface area contributed by atoms with Gasteiger partial charge in [0.2, 0.25) is 17.7 Å². The van der Waals surface area contributed by atoms with Gasteiger partial charge in [-0.2, -0.15) is 0 Å². The largest absolute Gasteiger partial charge is 0.494 e. The van der Waals surface area contributed by atoms with Gasteiger partial charge in [-0.05, 0) is 30.5 Å². The average Bonchev–Trinajstić information content (AvgIpc) is 2.91. The van der Waals surface area contributed by atoms with Crippen molar-refractivity contribution >= 4 is 17.7 Å². The maximum absolute atomic E-state index is 13.8. The summed E-state index contributed by atoms with van der Waals surface area (Å²) in [5.41, 5.74) is 0.642. The number of amides is 3. The predicted molar refractivity (Wildman–Crippen MR) is 96.2 cm³/mol. The molecule has 1 heterocycles. The number of methoxy groups -OCH3 is 1. The number of fused-ring (bicyclic) bond motifs is 1. The zero-order valence-electron chi connectivity index (χ0n) is 15.7. The molecule has 146 valence electrons. The van der Waals surface area contributed by atoms with Crippen LogP contribution in [0, 0.1) is 17.7 Å². The third kappa shape index (κ3) is 3.96. The van der Waals surface area contributed by atoms with E-state index in [1.807, 2.05) is 0 Å². The molecule has 0 bridgehead atoms. The molecule has 0 N–H and O–H groups in total. The van der Waals surface area contributed by atoms with Gasteiger partial charge in [-0.1, -0.05) is 18.9 Å². The van der Waals surface area contributed by atoms with E-state index in [1.165, 1.54) is 29.0 Å². The molecule has 0 aromatic heterocycles. The molecule has 0 spiro atoms. The van der Waals surface area contributed by atoms with Crippen LogP contribution in [-0.2, 0) is 20.9 Å². The molecule has 1 saturated heterocycles. The van der Waals surface area contributed by atoms with Gasteiger partial charge in [0.05, 0.1) is 18.9 Å². The fraction of sp³-hybridized carbons (Fsp3) is 0.550. The van der Waals surface area contributed by atoms with E-state index in [0.29, 0.717) is 5.56 Å². The summed E-state index contributed by atoms with van der Waals surface area (Å²) >= 11 is 0. The van der Waals surface area contributed by atoms with Crippen LogP contribution in [0.15, 0.2) is 18.2 Å². The highest BCUT2D eigenvalue weighted by atomic mass is 19.1. The molecule has 6 nitrogen and oxygen atoms in total. The molecule has 2 aliphatic rings. The van der Waals surface area contributed by atoms with E-state index in [9.17, 15) is 18.8 Å². The summed E-state index contributed by atoms with van der Waals surface area (Å²) in [7, 11) is 3.02. The van der Waals surface area contributed by atoms with Crippen LogP contribution >= 0.6 is 0 Å². The summed E-state index contributed by atoms with van der Waals surface area (Å²) in [5.74, 6) is -1.16. The highest BCUT2D eigenvalue weighted by Crippen LogP contribution is 2.38. The second-order valence-corrected chi connectivity index (χ2v) is 7.29. The van der Waals surface area contributed by atoms with Crippen molar-refractivity contribution in [2.75, 3.05) is 20.7 Å². The lowest BCUT2D eigenvalue weighted by Crippen LogP contribution is -2.36. The Morgan fingerprint density at radius 3 is 2.41 bits per heavy atom. The standard InChI is InChI=1S/C20H25FN2O4/c1-22(12-13-7-8-17(27-2)16(21)11-13)18(24)9-10-23-19(25)14-5-3-4-6-15(14)20(23)26/h7-8,11,14-15H,3-6,9-10,12H2,1-2H3/t14-,15+. The molecule has 3 rings (SSSR count). The van der Waals surface area contributed by atoms with Crippen LogP contribution in [0.25, 0.3) is 0 Å². The molecule has 2 fully saturated rings. The van der Waals surface area contributed by atoms with Crippen LogP contribution < -0.4 is 4.74 Å². The van der Waals surface area contributed by atoms with Crippen molar-refractivity contribution in [3.8, 4) is 5.75 Å². The van der Waals surface area contributed by atoms with Gasteiger partial charge < -0.3 is 9.64 Å². The molecule has 1 saturated carbocycles. The molecular weight excluding hydrogens is 351 g/mol. The van der Waals surface area contributed by atoms with E-state index >= 15 is 0 Å². The van der Waals surface area contributed by atoms with Crippen LogP contribution in [0.1, 0.15) is 37.7 Å². The summed E-state index contributed by atoms with van der Waals surface area (Å²) in [5, 5.41) is 0. The van der Waals surface area contributed by atoms with Crippen molar-refractivity contribution < 1.29 is 23.5 Å². The number of ether oxygens (including phenoxy) is 1. The van der Waals surface area contributed by atoms with E-state index in [-0.39, 0.29) is 54.8 Å². The van der Waals surface area contributed by atoms with Crippen molar-refractivity contribution in [2.24, 2.45) is 11.8 Å². The van der Waals surface area contributed by atoms with Crippen molar-refractivity contribution in [2.45, 2.75) is 38.6 Å². The minimum Gasteiger partial charge on any atom is -0.494 e. The van der Waals surface area contributed by atoms with Crippen LogP contribution in [0.5, 0.6) is 5.75 Å². The maximum Gasteiger partial charge on any atom is 0.233 e. The summed E-state index contributed by atoms with van der Waals surface area (Å²) in [6.45, 7) is 0.359. The number of hydrogen-bond donors (Lipinski definition) is 0. The number of carbonyl (C=O) groups excluding carboxylic acids is 3. The quantitative estimate of drug-likeness (QED) is 0.715. The van der Waals surface area contributed by atoms with E-state index in [2.05, 4.69) is 0 Å². The van der Waals surface area contributed by atoms with Gasteiger partial charge in [0.1, 0.15) is 0 Å². The van der Waals surface area contributed by atoms with E-state index in [1.54, 1.807) is 13.1 Å². The number of carbonyl (C=O) groups is 3. The Bertz CT molecular complexity index is 727. The lowest BCUT2D eigenvalue weighted by molar-refractivity contribution is -0.140. The highest BCUT2D eigenvalue weighted by molar-refractivity contribution is 6.05. The Hall–Kier alpha value is -2.44. The summed E-state index contributed by atoms with van der Waals surface area (Å²) < 4.78 is 18.7. The first-order valence-corrected chi connectivity index (χ1v) is 9.34. The fourth-order valence-corrected chi connectivity index (χ4v) is 4.02. The molecule has 0 radical (unpaired) electrons. The van der Waals surface area contributed by atoms with Crippen LogP contribution in [0.2, 0.25) is 0 Å². The third-order valence-electron chi connectivity index (χ3n) is 5.54. The SMILES string of the molecule is COc1ccc(CN(C)C(=O)CCN2C(=O)[C@H]3CCCC[C@H]3C2=O)cc1F. The normalized spacial score (nSPS) is 22.0. The van der Waals surface area contributed by atoms with Crippen molar-refractivity contribution in [1.82, 2.24) is 9.80 Å². The second kappa shape index (κ2) is 8.06. The number of likely N-dealkylation sites (tertiary alicyclic amines) is 1. The van der Waals surface area contributed by atoms with Gasteiger partial charge in [-0.3, -0.25) is 19.3 Å². The first-order chi connectivity index (χ1) is 12.9. The van der Waals surface area contributed by atoms with Gasteiger partial charge in [0.25, 0.3) is 0 Å². The topological polar surface area (TPSA) is 66.9 Å².